The van der Waals surface area contributed by atoms with E-state index in [-0.39, 0.29) is 6.42 Å². The highest BCUT2D eigenvalue weighted by atomic mass is 16.4. The van der Waals surface area contributed by atoms with Crippen LogP contribution in [0.15, 0.2) is 24.3 Å². The van der Waals surface area contributed by atoms with Gasteiger partial charge in [0.05, 0.1) is 11.6 Å². The highest BCUT2D eigenvalue weighted by Crippen LogP contribution is 2.10. The number of nitriles is 1. The van der Waals surface area contributed by atoms with E-state index in [0.717, 1.165) is 5.56 Å². The molecule has 1 rings (SSSR count). The molecule has 0 heterocycles. The van der Waals surface area contributed by atoms with Crippen LogP contribution in [-0.4, -0.2) is 29.6 Å². The number of carboxylic acids is 1. The molecule has 0 aromatic heterocycles. The Bertz CT molecular complexity index is 424. The zero-order chi connectivity index (χ0) is 12.7. The first-order valence-corrected chi connectivity index (χ1v) is 5.52. The molecule has 0 saturated heterocycles. The van der Waals surface area contributed by atoms with Crippen LogP contribution < -0.4 is 0 Å². The van der Waals surface area contributed by atoms with Crippen molar-refractivity contribution in [1.82, 2.24) is 4.90 Å². The van der Waals surface area contributed by atoms with Crippen LogP contribution in [0.2, 0.25) is 0 Å². The third-order valence-electron chi connectivity index (χ3n) is 2.51. The first-order valence-electron chi connectivity index (χ1n) is 5.52. The minimum atomic E-state index is -0.768. The van der Waals surface area contributed by atoms with Gasteiger partial charge in [-0.1, -0.05) is 18.2 Å². The molecule has 17 heavy (non-hydrogen) atoms. The van der Waals surface area contributed by atoms with Crippen LogP contribution in [0.25, 0.3) is 0 Å². The van der Waals surface area contributed by atoms with E-state index in [1.165, 1.54) is 0 Å². The van der Waals surface area contributed by atoms with Gasteiger partial charge in [-0.25, -0.2) is 0 Å². The van der Waals surface area contributed by atoms with Crippen molar-refractivity contribution in [3.8, 4) is 6.07 Å². The fourth-order valence-electron chi connectivity index (χ4n) is 1.64. The summed E-state index contributed by atoms with van der Waals surface area (Å²) >= 11 is 0. The van der Waals surface area contributed by atoms with Gasteiger partial charge in [-0.15, -0.1) is 0 Å². The fraction of sp³-hybridized carbons (Fsp3) is 0.385. The average Bonchev–Trinajstić information content (AvgIpc) is 2.29. The second-order valence-corrected chi connectivity index (χ2v) is 4.00. The number of carbonyl (C=O) groups is 1. The molecule has 0 spiro atoms. The van der Waals surface area contributed by atoms with Crippen molar-refractivity contribution in [3.05, 3.63) is 35.4 Å². The number of hydrogen-bond acceptors (Lipinski definition) is 3. The Balaban J connectivity index is 2.48. The summed E-state index contributed by atoms with van der Waals surface area (Å²) in [7, 11) is 1.93. The molecule has 0 aliphatic rings. The molecule has 0 amide bonds. The summed E-state index contributed by atoms with van der Waals surface area (Å²) in [5.41, 5.74) is 1.66. The zero-order valence-electron chi connectivity index (χ0n) is 9.89. The monoisotopic (exact) mass is 232 g/mol. The summed E-state index contributed by atoms with van der Waals surface area (Å²) in [5, 5.41) is 17.5. The van der Waals surface area contributed by atoms with Crippen LogP contribution >= 0.6 is 0 Å². The van der Waals surface area contributed by atoms with E-state index in [1.54, 1.807) is 6.07 Å². The Hall–Kier alpha value is -1.86. The number of hydrogen-bond donors (Lipinski definition) is 1. The van der Waals surface area contributed by atoms with Crippen LogP contribution in [0.4, 0.5) is 0 Å². The van der Waals surface area contributed by atoms with E-state index >= 15 is 0 Å². The second kappa shape index (κ2) is 6.66. The van der Waals surface area contributed by atoms with Gasteiger partial charge in [-0.2, -0.15) is 5.26 Å². The van der Waals surface area contributed by atoms with E-state index in [9.17, 15) is 4.79 Å². The first kappa shape index (κ1) is 13.2. The van der Waals surface area contributed by atoms with Gasteiger partial charge in [0.15, 0.2) is 0 Å². The number of rotatable bonds is 6. The summed E-state index contributed by atoms with van der Waals surface area (Å²) in [6.07, 6.45) is 0.810. The van der Waals surface area contributed by atoms with Gasteiger partial charge in [0.2, 0.25) is 0 Å². The molecule has 0 unspecified atom stereocenters. The highest BCUT2D eigenvalue weighted by Gasteiger charge is 2.05. The van der Waals surface area contributed by atoms with Crippen molar-refractivity contribution in [2.45, 2.75) is 19.4 Å². The lowest BCUT2D eigenvalue weighted by Gasteiger charge is -2.16. The molecule has 90 valence electrons. The minimum Gasteiger partial charge on any atom is -0.481 e. The van der Waals surface area contributed by atoms with Crippen LogP contribution in [0.3, 0.4) is 0 Å². The molecule has 0 radical (unpaired) electrons. The minimum absolute atomic E-state index is 0.185. The largest absolute Gasteiger partial charge is 0.481 e. The fourth-order valence-corrected chi connectivity index (χ4v) is 1.64. The topological polar surface area (TPSA) is 64.3 Å². The third-order valence-corrected chi connectivity index (χ3v) is 2.51. The highest BCUT2D eigenvalue weighted by molar-refractivity contribution is 5.66. The van der Waals surface area contributed by atoms with E-state index in [0.29, 0.717) is 25.1 Å². The molecular weight excluding hydrogens is 216 g/mol. The number of carboxylic acid groups (broad SMARTS) is 1. The van der Waals surface area contributed by atoms with Crippen molar-refractivity contribution in [1.29, 1.82) is 5.26 Å². The predicted octanol–water partition coefficient (Wildman–Crippen LogP) is 1.85. The third kappa shape index (κ3) is 4.66. The van der Waals surface area contributed by atoms with Crippen LogP contribution in [0.1, 0.15) is 24.0 Å². The van der Waals surface area contributed by atoms with Gasteiger partial charge in [-0.3, -0.25) is 4.79 Å². The molecule has 0 aliphatic carbocycles. The summed E-state index contributed by atoms with van der Waals surface area (Å²) in [6, 6.07) is 9.61. The first-order chi connectivity index (χ1) is 8.13. The molecule has 0 bridgehead atoms. The predicted molar refractivity (Wildman–Crippen MR) is 64.4 cm³/mol. The summed E-state index contributed by atoms with van der Waals surface area (Å²) < 4.78 is 0. The maximum atomic E-state index is 10.4. The maximum absolute atomic E-state index is 10.4. The van der Waals surface area contributed by atoms with Crippen LogP contribution in [-0.2, 0) is 11.3 Å². The van der Waals surface area contributed by atoms with Gasteiger partial charge in [-0.05, 0) is 31.6 Å². The Morgan fingerprint density at radius 1 is 1.47 bits per heavy atom. The summed E-state index contributed by atoms with van der Waals surface area (Å²) in [5.74, 6) is -0.768. The molecular formula is C13H16N2O2. The Morgan fingerprint density at radius 3 is 2.82 bits per heavy atom. The molecule has 0 aliphatic heterocycles. The molecule has 1 aromatic carbocycles. The molecule has 1 aromatic rings. The van der Waals surface area contributed by atoms with Crippen molar-refractivity contribution < 1.29 is 9.90 Å². The van der Waals surface area contributed by atoms with E-state index in [1.807, 2.05) is 30.1 Å². The van der Waals surface area contributed by atoms with E-state index < -0.39 is 5.97 Å². The van der Waals surface area contributed by atoms with Crippen LogP contribution in [0, 0.1) is 11.3 Å². The molecule has 4 nitrogen and oxygen atoms in total. The van der Waals surface area contributed by atoms with Crippen molar-refractivity contribution in [2.24, 2.45) is 0 Å². The van der Waals surface area contributed by atoms with Gasteiger partial charge in [0.1, 0.15) is 0 Å². The Kier molecular flexibility index (Phi) is 5.18. The standard InChI is InChI=1S/C13H16N2O2/c1-15(8-4-7-13(16)17)10-12-6-3-2-5-11(12)9-14/h2-3,5-6H,4,7-8,10H2,1H3,(H,16,17). The molecule has 0 saturated carbocycles. The Labute approximate surface area is 101 Å². The molecule has 1 N–H and O–H groups in total. The quantitative estimate of drug-likeness (QED) is 0.813. The molecule has 0 fully saturated rings. The lowest BCUT2D eigenvalue weighted by atomic mass is 10.1. The SMILES string of the molecule is CN(CCCC(=O)O)Cc1ccccc1C#N. The number of benzene rings is 1. The maximum Gasteiger partial charge on any atom is 0.303 e. The van der Waals surface area contributed by atoms with Crippen molar-refractivity contribution in [3.63, 3.8) is 0 Å². The van der Waals surface area contributed by atoms with E-state index in [2.05, 4.69) is 6.07 Å². The summed E-state index contributed by atoms with van der Waals surface area (Å²) in [6.45, 7) is 1.38. The summed E-state index contributed by atoms with van der Waals surface area (Å²) in [4.78, 5) is 12.4. The Morgan fingerprint density at radius 2 is 2.18 bits per heavy atom. The number of nitrogens with zero attached hydrogens (tertiary/aromatic N) is 2. The molecule has 0 atom stereocenters. The van der Waals surface area contributed by atoms with Gasteiger partial charge < -0.3 is 10.0 Å². The molecule has 4 heteroatoms. The lowest BCUT2D eigenvalue weighted by Crippen LogP contribution is -2.20. The van der Waals surface area contributed by atoms with Gasteiger partial charge in [0, 0.05) is 13.0 Å². The normalized spacial score (nSPS) is 10.2. The van der Waals surface area contributed by atoms with Crippen LogP contribution in [0.5, 0.6) is 0 Å². The van der Waals surface area contributed by atoms with Crippen molar-refractivity contribution >= 4 is 5.97 Å². The van der Waals surface area contributed by atoms with Gasteiger partial charge >= 0.3 is 5.97 Å². The number of aliphatic carboxylic acids is 1. The second-order valence-electron chi connectivity index (χ2n) is 4.00. The average molecular weight is 232 g/mol. The van der Waals surface area contributed by atoms with Crippen molar-refractivity contribution in [2.75, 3.05) is 13.6 Å². The van der Waals surface area contributed by atoms with Gasteiger partial charge in [0.25, 0.3) is 0 Å². The zero-order valence-corrected chi connectivity index (χ0v) is 9.89. The smallest absolute Gasteiger partial charge is 0.303 e. The lowest BCUT2D eigenvalue weighted by molar-refractivity contribution is -0.137. The van der Waals surface area contributed by atoms with E-state index in [4.69, 9.17) is 10.4 Å².